The Morgan fingerprint density at radius 1 is 1.33 bits per heavy atom. The zero-order chi connectivity index (χ0) is 13.1. The quantitative estimate of drug-likeness (QED) is 0.856. The molecule has 1 amide bonds. The lowest BCUT2D eigenvalue weighted by molar-refractivity contribution is -0.142. The molecule has 0 spiro atoms. The largest absolute Gasteiger partial charge is 0.480 e. The number of aliphatic carboxylic acids is 1. The molecule has 0 aliphatic heterocycles. The summed E-state index contributed by atoms with van der Waals surface area (Å²) < 4.78 is 0. The van der Waals surface area contributed by atoms with Crippen LogP contribution in [0.1, 0.15) is 18.4 Å². The van der Waals surface area contributed by atoms with Crippen molar-refractivity contribution < 1.29 is 14.7 Å². The van der Waals surface area contributed by atoms with Crippen molar-refractivity contribution in [1.82, 2.24) is 5.32 Å². The maximum atomic E-state index is 11.6. The van der Waals surface area contributed by atoms with Crippen molar-refractivity contribution in [3.63, 3.8) is 0 Å². The van der Waals surface area contributed by atoms with Crippen LogP contribution < -0.4 is 5.32 Å². The molecule has 0 bridgehead atoms. The van der Waals surface area contributed by atoms with Crippen LogP contribution in [0.15, 0.2) is 24.3 Å². The molecule has 0 heterocycles. The van der Waals surface area contributed by atoms with Crippen molar-refractivity contribution in [1.29, 1.82) is 0 Å². The maximum absolute atomic E-state index is 11.6. The van der Waals surface area contributed by atoms with Gasteiger partial charge < -0.3 is 10.4 Å². The van der Waals surface area contributed by atoms with Gasteiger partial charge in [-0.3, -0.25) is 4.79 Å². The third-order valence-electron chi connectivity index (χ3n) is 2.92. The minimum Gasteiger partial charge on any atom is -0.480 e. The van der Waals surface area contributed by atoms with Gasteiger partial charge in [0.05, 0.1) is 0 Å². The molecule has 1 aromatic rings. The van der Waals surface area contributed by atoms with Gasteiger partial charge in [-0.15, -0.1) is 0 Å². The van der Waals surface area contributed by atoms with Gasteiger partial charge in [0.25, 0.3) is 0 Å². The highest BCUT2D eigenvalue weighted by atomic mass is 35.5. The van der Waals surface area contributed by atoms with Crippen LogP contribution in [0.4, 0.5) is 0 Å². The van der Waals surface area contributed by atoms with Gasteiger partial charge in [-0.1, -0.05) is 23.7 Å². The van der Waals surface area contributed by atoms with Crippen molar-refractivity contribution in [3.05, 3.63) is 34.9 Å². The summed E-state index contributed by atoms with van der Waals surface area (Å²) in [6, 6.07) is 6.07. The molecule has 2 rings (SSSR count). The van der Waals surface area contributed by atoms with Crippen molar-refractivity contribution in [2.75, 3.05) is 0 Å². The molecule has 18 heavy (non-hydrogen) atoms. The van der Waals surface area contributed by atoms with E-state index in [1.165, 1.54) is 0 Å². The van der Waals surface area contributed by atoms with Gasteiger partial charge in [-0.25, -0.2) is 4.79 Å². The van der Waals surface area contributed by atoms with E-state index in [-0.39, 0.29) is 18.2 Å². The highest BCUT2D eigenvalue weighted by Crippen LogP contribution is 2.29. The minimum absolute atomic E-state index is 0.0112. The number of carboxylic acid groups (broad SMARTS) is 1. The summed E-state index contributed by atoms with van der Waals surface area (Å²) in [6.07, 6.45) is 1.99. The van der Waals surface area contributed by atoms with Crippen LogP contribution in [0.5, 0.6) is 0 Å². The minimum atomic E-state index is -1.01. The number of hydrogen-bond acceptors (Lipinski definition) is 2. The molecule has 1 aliphatic rings. The molecule has 1 aliphatic carbocycles. The van der Waals surface area contributed by atoms with E-state index in [0.717, 1.165) is 18.4 Å². The average Bonchev–Trinajstić information content (AvgIpc) is 3.14. The van der Waals surface area contributed by atoms with Gasteiger partial charge in [0.2, 0.25) is 5.91 Å². The molecule has 0 saturated heterocycles. The van der Waals surface area contributed by atoms with E-state index in [4.69, 9.17) is 16.7 Å². The molecule has 1 aromatic carbocycles. The number of rotatable bonds is 5. The Bertz CT molecular complexity index is 454. The third kappa shape index (κ3) is 3.47. The molecule has 0 aromatic heterocycles. The molecule has 0 radical (unpaired) electrons. The Labute approximate surface area is 110 Å². The first-order valence-electron chi connectivity index (χ1n) is 5.84. The van der Waals surface area contributed by atoms with Crippen LogP contribution in [0, 0.1) is 5.92 Å². The third-order valence-corrected chi connectivity index (χ3v) is 3.17. The average molecular weight is 268 g/mol. The molecule has 1 saturated carbocycles. The summed E-state index contributed by atoms with van der Waals surface area (Å²) in [5.41, 5.74) is 0.836. The number of nitrogens with one attached hydrogen (secondary N) is 1. The van der Waals surface area contributed by atoms with Crippen molar-refractivity contribution >= 4 is 23.5 Å². The predicted molar refractivity (Wildman–Crippen MR) is 67.4 cm³/mol. The lowest BCUT2D eigenvalue weighted by Crippen LogP contribution is -2.43. The molecule has 4 nitrogen and oxygen atoms in total. The maximum Gasteiger partial charge on any atom is 0.326 e. The smallest absolute Gasteiger partial charge is 0.326 e. The highest BCUT2D eigenvalue weighted by Gasteiger charge is 2.32. The van der Waals surface area contributed by atoms with Crippen molar-refractivity contribution in [3.8, 4) is 0 Å². The van der Waals surface area contributed by atoms with Gasteiger partial charge in [-0.2, -0.15) is 0 Å². The number of carbonyl (C=O) groups excluding carboxylic acids is 1. The van der Waals surface area contributed by atoms with Gasteiger partial charge in [0, 0.05) is 17.4 Å². The highest BCUT2D eigenvalue weighted by molar-refractivity contribution is 6.30. The zero-order valence-electron chi connectivity index (χ0n) is 9.73. The topological polar surface area (TPSA) is 66.4 Å². The van der Waals surface area contributed by atoms with Gasteiger partial charge >= 0.3 is 5.97 Å². The Kier molecular flexibility index (Phi) is 3.87. The molecule has 2 N–H and O–H groups in total. The van der Waals surface area contributed by atoms with E-state index >= 15 is 0 Å². The van der Waals surface area contributed by atoms with E-state index in [1.807, 2.05) is 0 Å². The fraction of sp³-hybridized carbons (Fsp3) is 0.385. The fourth-order valence-corrected chi connectivity index (χ4v) is 1.82. The first-order chi connectivity index (χ1) is 8.56. The first-order valence-corrected chi connectivity index (χ1v) is 6.21. The molecule has 96 valence electrons. The van der Waals surface area contributed by atoms with E-state index in [9.17, 15) is 9.59 Å². The van der Waals surface area contributed by atoms with Crippen LogP contribution in [0.2, 0.25) is 5.02 Å². The van der Waals surface area contributed by atoms with Crippen LogP contribution in [0.25, 0.3) is 0 Å². The van der Waals surface area contributed by atoms with Crippen LogP contribution in [-0.4, -0.2) is 23.0 Å². The Morgan fingerprint density at radius 3 is 2.44 bits per heavy atom. The lowest BCUT2D eigenvalue weighted by atomic mass is 10.1. The normalized spacial score (nSPS) is 16.1. The van der Waals surface area contributed by atoms with Gasteiger partial charge in [0.1, 0.15) is 6.04 Å². The second-order valence-electron chi connectivity index (χ2n) is 4.50. The number of halogens is 1. The number of benzene rings is 1. The fourth-order valence-electron chi connectivity index (χ4n) is 1.69. The second-order valence-corrected chi connectivity index (χ2v) is 4.94. The molecular weight excluding hydrogens is 254 g/mol. The van der Waals surface area contributed by atoms with Crippen LogP contribution in [-0.2, 0) is 16.0 Å². The molecule has 1 unspecified atom stereocenters. The molecule has 1 atom stereocenters. The summed E-state index contributed by atoms with van der Waals surface area (Å²) in [5.74, 6) is -1.16. The van der Waals surface area contributed by atoms with E-state index in [1.54, 1.807) is 24.3 Å². The second kappa shape index (κ2) is 5.40. The van der Waals surface area contributed by atoms with Gasteiger partial charge in [-0.05, 0) is 30.5 Å². The summed E-state index contributed by atoms with van der Waals surface area (Å²) in [4.78, 5) is 22.7. The summed E-state index contributed by atoms with van der Waals surface area (Å²) >= 11 is 5.76. The summed E-state index contributed by atoms with van der Waals surface area (Å²) in [7, 11) is 0. The van der Waals surface area contributed by atoms with E-state index in [2.05, 4.69) is 5.32 Å². The Morgan fingerprint density at radius 2 is 1.94 bits per heavy atom. The number of carbonyl (C=O) groups is 2. The van der Waals surface area contributed by atoms with Gasteiger partial charge in [0.15, 0.2) is 0 Å². The monoisotopic (exact) mass is 267 g/mol. The Balaban J connectivity index is 1.99. The molecule has 5 heteroatoms. The summed E-state index contributed by atoms with van der Waals surface area (Å²) in [6.45, 7) is 0. The Hall–Kier alpha value is -1.55. The summed E-state index contributed by atoms with van der Waals surface area (Å²) in [5, 5.41) is 12.3. The van der Waals surface area contributed by atoms with Crippen molar-refractivity contribution in [2.24, 2.45) is 5.92 Å². The zero-order valence-corrected chi connectivity index (χ0v) is 10.5. The molecule has 1 fully saturated rings. The van der Waals surface area contributed by atoms with Crippen LogP contribution >= 0.6 is 11.6 Å². The number of hydrogen-bond donors (Lipinski definition) is 2. The first kappa shape index (κ1) is 12.9. The van der Waals surface area contributed by atoms with Crippen molar-refractivity contribution in [2.45, 2.75) is 25.3 Å². The van der Waals surface area contributed by atoms with E-state index < -0.39 is 12.0 Å². The van der Waals surface area contributed by atoms with Crippen LogP contribution in [0.3, 0.4) is 0 Å². The predicted octanol–water partition coefficient (Wildman–Crippen LogP) is 1.86. The standard InChI is InChI=1S/C13H14ClNO3/c14-10-5-1-8(2-6-10)7-11(13(17)18)15-12(16)9-3-4-9/h1-2,5-6,9,11H,3-4,7H2,(H,15,16)(H,17,18). The van der Waals surface area contributed by atoms with E-state index in [0.29, 0.717) is 5.02 Å². The number of amides is 1. The lowest BCUT2D eigenvalue weighted by Gasteiger charge is -2.14. The number of carboxylic acids is 1. The molecular formula is C13H14ClNO3. The SMILES string of the molecule is O=C(NC(Cc1ccc(Cl)cc1)C(=O)O)C1CC1.